The normalized spacial score (nSPS) is 17.3. The van der Waals surface area contributed by atoms with Gasteiger partial charge in [-0.15, -0.1) is 12.4 Å². The summed E-state index contributed by atoms with van der Waals surface area (Å²) in [6.45, 7) is 3.43. The zero-order chi connectivity index (χ0) is 17.5. The summed E-state index contributed by atoms with van der Waals surface area (Å²) >= 11 is 0. The second-order valence-corrected chi connectivity index (χ2v) is 6.43. The van der Waals surface area contributed by atoms with Gasteiger partial charge in [-0.25, -0.2) is 9.97 Å². The molecule has 4 N–H and O–H groups in total. The summed E-state index contributed by atoms with van der Waals surface area (Å²) in [6.07, 6.45) is 6.02. The number of nitrogens with one attached hydrogen (secondary N) is 1. The molecule has 0 aliphatic heterocycles. The van der Waals surface area contributed by atoms with Crippen molar-refractivity contribution in [1.82, 2.24) is 25.1 Å². The lowest BCUT2D eigenvalue weighted by molar-refractivity contribution is -0.125. The van der Waals surface area contributed by atoms with Crippen molar-refractivity contribution in [2.75, 3.05) is 0 Å². The van der Waals surface area contributed by atoms with Crippen LogP contribution in [0.4, 0.5) is 0 Å². The Balaban J connectivity index is 0.00000225. The van der Waals surface area contributed by atoms with Gasteiger partial charge in [0.15, 0.2) is 5.82 Å². The third-order valence-corrected chi connectivity index (χ3v) is 4.34. The lowest BCUT2D eigenvalue weighted by atomic mass is 10.1. The number of halogens is 1. The van der Waals surface area contributed by atoms with Crippen molar-refractivity contribution in [1.29, 1.82) is 0 Å². The van der Waals surface area contributed by atoms with Crippen LogP contribution in [0, 0.1) is 6.92 Å². The lowest BCUT2D eigenvalue weighted by Gasteiger charge is -2.20. The summed E-state index contributed by atoms with van der Waals surface area (Å²) in [5.41, 5.74) is 7.89. The van der Waals surface area contributed by atoms with Crippen molar-refractivity contribution in [3.05, 3.63) is 30.1 Å². The van der Waals surface area contributed by atoms with Gasteiger partial charge in [0.2, 0.25) is 5.91 Å². The molecule has 0 unspecified atom stereocenters. The standard InChI is InChI=1S/C16H22N6O2.ClH/c1-9-12(8-22(3)21-9)11-6-18-15(19-7-11)16(4-5-16)20-14(24)13(17)10(2)23;/h6-8,10,13,23H,4-5,17H2,1-3H3,(H,20,24);1H/t10-,13+;/m1./s1. The molecular formula is C16H23ClN6O2. The van der Waals surface area contributed by atoms with E-state index in [0.717, 1.165) is 29.7 Å². The van der Waals surface area contributed by atoms with E-state index in [-0.39, 0.29) is 12.4 Å². The molecule has 8 nitrogen and oxygen atoms in total. The van der Waals surface area contributed by atoms with Crippen molar-refractivity contribution in [2.45, 2.75) is 44.4 Å². The highest BCUT2D eigenvalue weighted by Gasteiger charge is 2.49. The van der Waals surface area contributed by atoms with Gasteiger partial charge in [0.05, 0.1) is 17.3 Å². The second kappa shape index (κ2) is 7.07. The number of aryl methyl sites for hydroxylation is 2. The first-order valence-corrected chi connectivity index (χ1v) is 7.91. The molecule has 0 spiro atoms. The molecule has 1 saturated carbocycles. The van der Waals surface area contributed by atoms with Crippen LogP contribution in [0.5, 0.6) is 0 Å². The Morgan fingerprint density at radius 1 is 1.40 bits per heavy atom. The van der Waals surface area contributed by atoms with E-state index >= 15 is 0 Å². The van der Waals surface area contributed by atoms with Crippen LogP contribution >= 0.6 is 12.4 Å². The van der Waals surface area contributed by atoms with Gasteiger partial charge in [-0.3, -0.25) is 9.48 Å². The number of aliphatic hydroxyl groups is 1. The third kappa shape index (κ3) is 3.81. The van der Waals surface area contributed by atoms with Crippen LogP contribution in [0.15, 0.2) is 18.6 Å². The molecule has 2 atom stereocenters. The fraction of sp³-hybridized carbons (Fsp3) is 0.500. The largest absolute Gasteiger partial charge is 0.391 e. The molecule has 0 saturated heterocycles. The van der Waals surface area contributed by atoms with Crippen molar-refractivity contribution >= 4 is 18.3 Å². The molecule has 0 bridgehead atoms. The van der Waals surface area contributed by atoms with Crippen molar-refractivity contribution in [2.24, 2.45) is 12.8 Å². The molecule has 1 fully saturated rings. The summed E-state index contributed by atoms with van der Waals surface area (Å²) in [7, 11) is 1.87. The van der Waals surface area contributed by atoms with Gasteiger partial charge in [-0.1, -0.05) is 0 Å². The van der Waals surface area contributed by atoms with Crippen LogP contribution < -0.4 is 11.1 Å². The summed E-state index contributed by atoms with van der Waals surface area (Å²) < 4.78 is 1.75. The predicted molar refractivity (Wildman–Crippen MR) is 94.9 cm³/mol. The fourth-order valence-corrected chi connectivity index (χ4v) is 2.67. The Labute approximate surface area is 152 Å². The third-order valence-electron chi connectivity index (χ3n) is 4.34. The van der Waals surface area contributed by atoms with E-state index in [4.69, 9.17) is 5.73 Å². The van der Waals surface area contributed by atoms with Gasteiger partial charge in [-0.05, 0) is 26.7 Å². The van der Waals surface area contributed by atoms with Crippen LogP contribution in [0.3, 0.4) is 0 Å². The van der Waals surface area contributed by atoms with E-state index in [1.807, 2.05) is 20.2 Å². The number of aliphatic hydroxyl groups excluding tert-OH is 1. The smallest absolute Gasteiger partial charge is 0.240 e. The minimum absolute atomic E-state index is 0. The highest BCUT2D eigenvalue weighted by atomic mass is 35.5. The molecular weight excluding hydrogens is 344 g/mol. The number of amides is 1. The molecule has 3 rings (SSSR count). The van der Waals surface area contributed by atoms with Crippen LogP contribution in [0.25, 0.3) is 11.1 Å². The van der Waals surface area contributed by atoms with E-state index in [1.54, 1.807) is 17.1 Å². The molecule has 1 amide bonds. The van der Waals surface area contributed by atoms with Gasteiger partial charge in [0, 0.05) is 36.8 Å². The molecule has 136 valence electrons. The molecule has 25 heavy (non-hydrogen) atoms. The Morgan fingerprint density at radius 2 is 2.00 bits per heavy atom. The number of nitrogens with zero attached hydrogens (tertiary/aromatic N) is 4. The van der Waals surface area contributed by atoms with E-state index < -0.39 is 23.6 Å². The molecule has 2 aromatic rings. The van der Waals surface area contributed by atoms with Gasteiger partial charge in [0.25, 0.3) is 0 Å². The van der Waals surface area contributed by atoms with E-state index in [9.17, 15) is 9.90 Å². The fourth-order valence-electron chi connectivity index (χ4n) is 2.67. The lowest BCUT2D eigenvalue weighted by Crippen LogP contribution is -2.50. The molecule has 2 heterocycles. The van der Waals surface area contributed by atoms with Crippen LogP contribution in [-0.4, -0.2) is 42.9 Å². The second-order valence-electron chi connectivity index (χ2n) is 6.43. The maximum Gasteiger partial charge on any atom is 0.240 e. The summed E-state index contributed by atoms with van der Waals surface area (Å²) in [6, 6.07) is -0.959. The molecule has 0 radical (unpaired) electrons. The first-order chi connectivity index (χ1) is 11.3. The van der Waals surface area contributed by atoms with Gasteiger partial charge in [0.1, 0.15) is 6.04 Å². The Morgan fingerprint density at radius 3 is 2.44 bits per heavy atom. The minimum atomic E-state index is -0.959. The highest BCUT2D eigenvalue weighted by molar-refractivity contribution is 5.85. The maximum absolute atomic E-state index is 12.1. The van der Waals surface area contributed by atoms with E-state index in [0.29, 0.717) is 5.82 Å². The van der Waals surface area contributed by atoms with E-state index in [1.165, 1.54) is 6.92 Å². The van der Waals surface area contributed by atoms with Crippen LogP contribution in [-0.2, 0) is 17.4 Å². The van der Waals surface area contributed by atoms with Gasteiger partial charge >= 0.3 is 0 Å². The average molecular weight is 367 g/mol. The summed E-state index contributed by atoms with van der Waals surface area (Å²) in [4.78, 5) is 20.9. The monoisotopic (exact) mass is 366 g/mol. The SMILES string of the molecule is Cc1nn(C)cc1-c1cnc(C2(NC(=O)[C@@H](N)[C@@H](C)O)CC2)nc1.Cl. The summed E-state index contributed by atoms with van der Waals surface area (Å²) in [5, 5.41) is 16.6. The zero-order valence-electron chi connectivity index (χ0n) is 14.4. The number of nitrogens with two attached hydrogens (primary N) is 1. The maximum atomic E-state index is 12.1. The minimum Gasteiger partial charge on any atom is -0.391 e. The van der Waals surface area contributed by atoms with Crippen molar-refractivity contribution in [3.8, 4) is 11.1 Å². The summed E-state index contributed by atoms with van der Waals surface area (Å²) in [5.74, 6) is 0.178. The molecule has 1 aliphatic carbocycles. The number of carbonyl (C=O) groups is 1. The number of rotatable bonds is 5. The predicted octanol–water partition coefficient (Wildman–Crippen LogP) is 0.421. The number of hydrogen-bond donors (Lipinski definition) is 3. The molecule has 9 heteroatoms. The number of carbonyl (C=O) groups excluding carboxylic acids is 1. The van der Waals surface area contributed by atoms with E-state index in [2.05, 4.69) is 20.4 Å². The molecule has 0 aromatic carbocycles. The molecule has 2 aromatic heterocycles. The number of aromatic nitrogens is 4. The Kier molecular flexibility index (Phi) is 5.46. The Bertz CT molecular complexity index is 754. The molecule has 1 aliphatic rings. The highest BCUT2D eigenvalue weighted by Crippen LogP contribution is 2.43. The van der Waals surface area contributed by atoms with Gasteiger partial charge in [-0.2, -0.15) is 5.10 Å². The zero-order valence-corrected chi connectivity index (χ0v) is 15.2. The van der Waals surface area contributed by atoms with Crippen LogP contribution in [0.1, 0.15) is 31.3 Å². The van der Waals surface area contributed by atoms with Gasteiger partial charge < -0.3 is 16.2 Å². The van der Waals surface area contributed by atoms with Crippen molar-refractivity contribution < 1.29 is 9.90 Å². The topological polar surface area (TPSA) is 119 Å². The van der Waals surface area contributed by atoms with Crippen LogP contribution in [0.2, 0.25) is 0 Å². The quantitative estimate of drug-likeness (QED) is 0.705. The van der Waals surface area contributed by atoms with Crippen molar-refractivity contribution in [3.63, 3.8) is 0 Å². The first-order valence-electron chi connectivity index (χ1n) is 7.91. The Hall–Kier alpha value is -2.03. The average Bonchev–Trinajstić information content (AvgIpc) is 3.24. The first kappa shape index (κ1) is 19.3. The number of hydrogen-bond acceptors (Lipinski definition) is 6.